The van der Waals surface area contributed by atoms with Gasteiger partial charge in [-0.2, -0.15) is 0 Å². The number of carboxylic acids is 1. The van der Waals surface area contributed by atoms with Gasteiger partial charge in [0.1, 0.15) is 5.01 Å². The molecule has 1 aliphatic rings. The van der Waals surface area contributed by atoms with Gasteiger partial charge in [0.25, 0.3) is 0 Å². The smallest absolute Gasteiger partial charge is 0.308 e. The van der Waals surface area contributed by atoms with Crippen LogP contribution in [-0.4, -0.2) is 22.0 Å². The maximum atomic E-state index is 13.7. The van der Waals surface area contributed by atoms with Crippen LogP contribution in [0.3, 0.4) is 0 Å². The number of benzene rings is 2. The van der Waals surface area contributed by atoms with E-state index in [9.17, 15) is 14.7 Å². The molecule has 1 aliphatic carbocycles. The quantitative estimate of drug-likeness (QED) is 0.503. The summed E-state index contributed by atoms with van der Waals surface area (Å²) >= 11 is 4.99. The van der Waals surface area contributed by atoms with Crippen LogP contribution >= 0.6 is 27.3 Å². The summed E-state index contributed by atoms with van der Waals surface area (Å²) in [7, 11) is 0. The molecule has 1 atom stereocenters. The van der Waals surface area contributed by atoms with Crippen molar-refractivity contribution in [2.45, 2.75) is 40.2 Å². The molecule has 0 aliphatic heterocycles. The highest BCUT2D eigenvalue weighted by atomic mass is 79.9. The summed E-state index contributed by atoms with van der Waals surface area (Å²) in [5, 5.41) is 14.0. The summed E-state index contributed by atoms with van der Waals surface area (Å²) in [6.07, 6.45) is 0.853. The predicted octanol–water partition coefficient (Wildman–Crippen LogP) is 5.21. The first-order chi connectivity index (χ1) is 14.6. The van der Waals surface area contributed by atoms with Crippen LogP contribution in [0.1, 0.15) is 36.9 Å². The molecule has 0 fully saturated rings. The van der Waals surface area contributed by atoms with Crippen molar-refractivity contribution in [1.82, 2.24) is 10.3 Å². The van der Waals surface area contributed by atoms with Gasteiger partial charge in [-0.05, 0) is 47.6 Å². The van der Waals surface area contributed by atoms with Gasteiger partial charge in [0.2, 0.25) is 5.91 Å². The average Bonchev–Trinajstić information content (AvgIpc) is 3.25. The normalized spacial score (nSPS) is 16.1. The van der Waals surface area contributed by atoms with E-state index in [1.54, 1.807) is 0 Å². The van der Waals surface area contributed by atoms with Gasteiger partial charge in [-0.25, -0.2) is 4.98 Å². The summed E-state index contributed by atoms with van der Waals surface area (Å²) in [6, 6.07) is 13.8. The molecule has 0 radical (unpaired) electrons. The van der Waals surface area contributed by atoms with Gasteiger partial charge in [0, 0.05) is 4.47 Å². The van der Waals surface area contributed by atoms with Crippen molar-refractivity contribution >= 4 is 49.4 Å². The van der Waals surface area contributed by atoms with Crippen molar-refractivity contribution in [3.8, 4) is 0 Å². The zero-order valence-corrected chi connectivity index (χ0v) is 20.1. The highest BCUT2D eigenvalue weighted by Gasteiger charge is 2.56. The van der Waals surface area contributed by atoms with Crippen LogP contribution in [0.5, 0.6) is 0 Å². The third-order valence-corrected chi connectivity index (χ3v) is 7.57. The number of carboxylic acid groups (broad SMARTS) is 1. The molecule has 7 heteroatoms. The second-order valence-corrected chi connectivity index (χ2v) is 11.3. The zero-order valence-electron chi connectivity index (χ0n) is 17.7. The molecular formula is C24H25BrN2O3S. The zero-order chi connectivity index (χ0) is 22.4. The number of hydrogen-bond acceptors (Lipinski definition) is 4. The van der Waals surface area contributed by atoms with Gasteiger partial charge < -0.3 is 10.4 Å². The number of hydrogen-bond donors (Lipinski definition) is 2. The van der Waals surface area contributed by atoms with Crippen LogP contribution in [0.2, 0.25) is 0 Å². The van der Waals surface area contributed by atoms with Crippen LogP contribution in [-0.2, 0) is 29.0 Å². The lowest BCUT2D eigenvalue weighted by molar-refractivity contribution is -0.159. The maximum Gasteiger partial charge on any atom is 0.308 e. The van der Waals surface area contributed by atoms with Gasteiger partial charge in [0.15, 0.2) is 0 Å². The van der Waals surface area contributed by atoms with E-state index >= 15 is 0 Å². The first-order valence-corrected chi connectivity index (χ1v) is 11.8. The number of nitrogens with one attached hydrogen (secondary N) is 1. The number of rotatable bonds is 5. The van der Waals surface area contributed by atoms with Gasteiger partial charge in [-0.15, -0.1) is 11.3 Å². The molecule has 31 heavy (non-hydrogen) atoms. The highest BCUT2D eigenvalue weighted by molar-refractivity contribution is 9.10. The van der Waals surface area contributed by atoms with Crippen molar-refractivity contribution in [3.05, 3.63) is 63.1 Å². The molecule has 5 nitrogen and oxygen atoms in total. The van der Waals surface area contributed by atoms with Crippen molar-refractivity contribution in [3.63, 3.8) is 0 Å². The third-order valence-electron chi connectivity index (χ3n) is 6.04. The molecule has 2 N–H and O–H groups in total. The SMILES string of the molecule is CC(C)(C)C(C(=O)O)C1(C(=O)NCc2nc3cc(Br)ccc3s2)Cc2ccccc2C1. The van der Waals surface area contributed by atoms with Crippen molar-refractivity contribution in [1.29, 1.82) is 0 Å². The number of carbonyl (C=O) groups excluding carboxylic acids is 1. The van der Waals surface area contributed by atoms with E-state index < -0.39 is 22.7 Å². The average molecular weight is 501 g/mol. The fraction of sp³-hybridized carbons (Fsp3) is 0.375. The van der Waals surface area contributed by atoms with Gasteiger partial charge in [0.05, 0.1) is 28.1 Å². The minimum Gasteiger partial charge on any atom is -0.481 e. The number of nitrogens with zero attached hydrogens (tertiary/aromatic N) is 1. The summed E-state index contributed by atoms with van der Waals surface area (Å²) < 4.78 is 2.01. The number of carbonyl (C=O) groups is 2. The Balaban J connectivity index is 1.65. The Kier molecular flexibility index (Phi) is 5.68. The first-order valence-electron chi connectivity index (χ1n) is 10.2. The molecule has 0 spiro atoms. The van der Waals surface area contributed by atoms with E-state index in [0.29, 0.717) is 12.8 Å². The fourth-order valence-corrected chi connectivity index (χ4v) is 6.17. The van der Waals surface area contributed by atoms with Crippen molar-refractivity contribution in [2.24, 2.45) is 16.7 Å². The van der Waals surface area contributed by atoms with Crippen LogP contribution in [0.25, 0.3) is 10.2 Å². The minimum atomic E-state index is -1.03. The molecule has 1 unspecified atom stereocenters. The lowest BCUT2D eigenvalue weighted by Crippen LogP contribution is -2.53. The van der Waals surface area contributed by atoms with Gasteiger partial charge in [-0.3, -0.25) is 9.59 Å². The highest BCUT2D eigenvalue weighted by Crippen LogP contribution is 2.49. The summed E-state index contributed by atoms with van der Waals surface area (Å²) in [5.74, 6) is -1.97. The monoisotopic (exact) mass is 500 g/mol. The summed E-state index contributed by atoms with van der Waals surface area (Å²) in [4.78, 5) is 30.7. The van der Waals surface area contributed by atoms with E-state index in [1.165, 1.54) is 11.3 Å². The van der Waals surface area contributed by atoms with E-state index in [0.717, 1.165) is 30.8 Å². The molecule has 4 rings (SSSR count). The molecular weight excluding hydrogens is 476 g/mol. The maximum absolute atomic E-state index is 13.7. The van der Waals surface area contributed by atoms with E-state index in [4.69, 9.17) is 0 Å². The Hall–Kier alpha value is -2.25. The molecule has 1 amide bonds. The Morgan fingerprint density at radius 2 is 1.84 bits per heavy atom. The topological polar surface area (TPSA) is 79.3 Å². The molecule has 0 saturated heterocycles. The van der Waals surface area contributed by atoms with Crippen LogP contribution in [0.15, 0.2) is 46.9 Å². The van der Waals surface area contributed by atoms with Crippen molar-refractivity contribution in [2.75, 3.05) is 0 Å². The first kappa shape index (κ1) is 22.0. The third kappa shape index (κ3) is 4.13. The lowest BCUT2D eigenvalue weighted by Gasteiger charge is -2.41. The summed E-state index contributed by atoms with van der Waals surface area (Å²) in [6.45, 7) is 5.98. The predicted molar refractivity (Wildman–Crippen MR) is 126 cm³/mol. The number of aliphatic carboxylic acids is 1. The molecule has 162 valence electrons. The van der Waals surface area contributed by atoms with Gasteiger partial charge in [-0.1, -0.05) is 61.0 Å². The number of halogens is 1. The minimum absolute atomic E-state index is 0.216. The Bertz CT molecular complexity index is 1140. The molecule has 0 saturated carbocycles. The second-order valence-electron chi connectivity index (χ2n) is 9.32. The molecule has 0 bridgehead atoms. The lowest BCUT2D eigenvalue weighted by atomic mass is 9.61. The largest absolute Gasteiger partial charge is 0.481 e. The van der Waals surface area contributed by atoms with Gasteiger partial charge >= 0.3 is 5.97 Å². The number of aromatic nitrogens is 1. The Morgan fingerprint density at radius 3 is 2.42 bits per heavy atom. The van der Waals surface area contributed by atoms with Crippen LogP contribution in [0.4, 0.5) is 0 Å². The van der Waals surface area contributed by atoms with Crippen LogP contribution < -0.4 is 5.32 Å². The molecule has 1 aromatic heterocycles. The molecule has 1 heterocycles. The number of thiazole rings is 1. The molecule has 3 aromatic rings. The Morgan fingerprint density at radius 1 is 1.19 bits per heavy atom. The van der Waals surface area contributed by atoms with Crippen LogP contribution in [0, 0.1) is 16.7 Å². The fourth-order valence-electron chi connectivity index (χ4n) is 4.93. The second kappa shape index (κ2) is 8.02. The van der Waals surface area contributed by atoms with E-state index in [-0.39, 0.29) is 12.5 Å². The Labute approximate surface area is 194 Å². The molecule has 2 aromatic carbocycles. The standard InChI is InChI=1S/C24H25BrN2O3S/c1-23(2,3)20(21(28)29)24(11-14-6-4-5-7-15(14)12-24)22(30)26-13-19-27-17-10-16(25)8-9-18(17)31-19/h4-10,20H,11-13H2,1-3H3,(H,26,30)(H,28,29). The van der Waals surface area contributed by atoms with Crippen molar-refractivity contribution < 1.29 is 14.7 Å². The number of amides is 1. The van der Waals surface area contributed by atoms with E-state index in [2.05, 4.69) is 26.2 Å². The number of fused-ring (bicyclic) bond motifs is 2. The summed E-state index contributed by atoms with van der Waals surface area (Å²) in [5.41, 5.74) is 1.38. The van der Waals surface area contributed by atoms with E-state index in [1.807, 2.05) is 63.2 Å².